The molecule has 0 bridgehead atoms. The molecule has 0 saturated carbocycles. The van der Waals surface area contributed by atoms with Crippen LogP contribution in [0.25, 0.3) is 0 Å². The summed E-state index contributed by atoms with van der Waals surface area (Å²) in [6, 6.07) is 8.36. The molecule has 0 heterocycles. The van der Waals surface area contributed by atoms with Gasteiger partial charge in [0.15, 0.2) is 5.96 Å². The van der Waals surface area contributed by atoms with E-state index in [1.807, 2.05) is 6.07 Å². The van der Waals surface area contributed by atoms with Crippen molar-refractivity contribution in [2.45, 2.75) is 33.7 Å². The number of nitrogens with one attached hydrogen (secondary N) is 1. The number of guanidine groups is 1. The van der Waals surface area contributed by atoms with Gasteiger partial charge >= 0.3 is 0 Å². The molecule has 0 aliphatic heterocycles. The van der Waals surface area contributed by atoms with Crippen LogP contribution >= 0.6 is 0 Å². The molecule has 0 atom stereocenters. The molecule has 3 heteroatoms. The van der Waals surface area contributed by atoms with E-state index in [2.05, 4.69) is 49.3 Å². The largest absolute Gasteiger partial charge is 0.370 e. The number of hydrogen-bond donors (Lipinski definition) is 2. The maximum atomic E-state index is 5.80. The van der Waals surface area contributed by atoms with Gasteiger partial charge in [0.2, 0.25) is 0 Å². The molecule has 1 aromatic rings. The Balaban J connectivity index is 2.56. The molecule has 0 spiro atoms. The highest BCUT2D eigenvalue weighted by molar-refractivity contribution is 5.77. The third-order valence-corrected chi connectivity index (χ3v) is 2.61. The van der Waals surface area contributed by atoms with E-state index < -0.39 is 0 Å². The van der Waals surface area contributed by atoms with Gasteiger partial charge in [-0.2, -0.15) is 0 Å². The minimum Gasteiger partial charge on any atom is -0.370 e. The van der Waals surface area contributed by atoms with Gasteiger partial charge < -0.3 is 11.1 Å². The molecule has 94 valence electrons. The predicted octanol–water partition coefficient (Wildman–Crippen LogP) is 2.31. The van der Waals surface area contributed by atoms with Crippen LogP contribution in [0.1, 0.15) is 31.9 Å². The fraction of sp³-hybridized carbons (Fsp3) is 0.500. The number of rotatable bonds is 5. The minimum absolute atomic E-state index is 0.532. The van der Waals surface area contributed by atoms with E-state index in [0.29, 0.717) is 18.4 Å². The van der Waals surface area contributed by atoms with Gasteiger partial charge in [-0.25, -0.2) is 4.99 Å². The Bertz CT molecular complexity index is 369. The molecule has 0 amide bonds. The first-order chi connectivity index (χ1) is 8.13. The van der Waals surface area contributed by atoms with Crippen LogP contribution in [0.15, 0.2) is 29.3 Å². The van der Waals surface area contributed by atoms with Crippen LogP contribution < -0.4 is 11.1 Å². The molecule has 3 N–H and O–H groups in total. The van der Waals surface area contributed by atoms with Crippen molar-refractivity contribution in [3.05, 3.63) is 35.4 Å². The Morgan fingerprint density at radius 3 is 2.53 bits per heavy atom. The molecule has 0 radical (unpaired) electrons. The van der Waals surface area contributed by atoms with Crippen molar-refractivity contribution in [2.24, 2.45) is 16.6 Å². The number of benzene rings is 1. The lowest BCUT2D eigenvalue weighted by molar-refractivity contribution is 0.622. The van der Waals surface area contributed by atoms with Crippen molar-refractivity contribution in [3.8, 4) is 0 Å². The summed E-state index contributed by atoms with van der Waals surface area (Å²) in [5.74, 6) is 1.11. The van der Waals surface area contributed by atoms with Gasteiger partial charge in [0.25, 0.3) is 0 Å². The zero-order valence-corrected chi connectivity index (χ0v) is 11.0. The lowest BCUT2D eigenvalue weighted by Crippen LogP contribution is -2.34. The van der Waals surface area contributed by atoms with Crippen LogP contribution in [-0.2, 0) is 13.0 Å². The first kappa shape index (κ1) is 13.6. The molecule has 1 rings (SSSR count). The van der Waals surface area contributed by atoms with Crippen LogP contribution in [0.2, 0.25) is 0 Å². The zero-order valence-electron chi connectivity index (χ0n) is 11.0. The Kier molecular flexibility index (Phi) is 5.53. The average molecular weight is 233 g/mol. The van der Waals surface area contributed by atoms with Gasteiger partial charge in [0.05, 0.1) is 6.54 Å². The van der Waals surface area contributed by atoms with Crippen molar-refractivity contribution in [2.75, 3.05) is 6.54 Å². The Hall–Kier alpha value is -1.51. The summed E-state index contributed by atoms with van der Waals surface area (Å²) in [6.45, 7) is 7.97. The average Bonchev–Trinajstić information content (AvgIpc) is 2.34. The maximum Gasteiger partial charge on any atom is 0.188 e. The fourth-order valence-electron chi connectivity index (χ4n) is 1.59. The number of aryl methyl sites for hydroxylation is 1. The number of nitrogens with two attached hydrogens (primary N) is 1. The van der Waals surface area contributed by atoms with Crippen molar-refractivity contribution in [1.82, 2.24) is 5.32 Å². The first-order valence-corrected chi connectivity index (χ1v) is 6.24. The first-order valence-electron chi connectivity index (χ1n) is 6.24. The molecule has 0 aliphatic rings. The van der Waals surface area contributed by atoms with Gasteiger partial charge in [-0.05, 0) is 23.5 Å². The SMILES string of the molecule is CCc1ccccc1CN=C(N)NCC(C)C. The number of nitrogens with zero attached hydrogens (tertiary/aromatic N) is 1. The summed E-state index contributed by atoms with van der Waals surface area (Å²) in [6.07, 6.45) is 1.03. The quantitative estimate of drug-likeness (QED) is 0.605. The van der Waals surface area contributed by atoms with E-state index in [9.17, 15) is 0 Å². The summed E-state index contributed by atoms with van der Waals surface area (Å²) < 4.78 is 0. The highest BCUT2D eigenvalue weighted by atomic mass is 15.1. The molecule has 17 heavy (non-hydrogen) atoms. The summed E-state index contributed by atoms with van der Waals surface area (Å²) >= 11 is 0. The van der Waals surface area contributed by atoms with Crippen LogP contribution in [0.3, 0.4) is 0 Å². The lowest BCUT2D eigenvalue weighted by atomic mass is 10.1. The standard InChI is InChI=1S/C14H23N3/c1-4-12-7-5-6-8-13(12)10-17-14(15)16-9-11(2)3/h5-8,11H,4,9-10H2,1-3H3,(H3,15,16,17). The van der Waals surface area contributed by atoms with Crippen LogP contribution in [-0.4, -0.2) is 12.5 Å². The summed E-state index contributed by atoms with van der Waals surface area (Å²) in [7, 11) is 0. The maximum absolute atomic E-state index is 5.80. The van der Waals surface area contributed by atoms with E-state index in [1.54, 1.807) is 0 Å². The second-order valence-electron chi connectivity index (χ2n) is 4.60. The molecule has 0 unspecified atom stereocenters. The van der Waals surface area contributed by atoms with Crippen LogP contribution in [0.5, 0.6) is 0 Å². The summed E-state index contributed by atoms with van der Waals surface area (Å²) in [4.78, 5) is 4.36. The van der Waals surface area contributed by atoms with Crippen LogP contribution in [0.4, 0.5) is 0 Å². The van der Waals surface area contributed by atoms with Gasteiger partial charge in [-0.15, -0.1) is 0 Å². The second-order valence-corrected chi connectivity index (χ2v) is 4.60. The normalized spacial score (nSPS) is 11.9. The molecule has 0 aliphatic carbocycles. The number of hydrogen-bond acceptors (Lipinski definition) is 1. The van der Waals surface area contributed by atoms with E-state index in [1.165, 1.54) is 11.1 Å². The monoisotopic (exact) mass is 233 g/mol. The third kappa shape index (κ3) is 4.89. The highest BCUT2D eigenvalue weighted by Crippen LogP contribution is 2.10. The third-order valence-electron chi connectivity index (χ3n) is 2.61. The topological polar surface area (TPSA) is 50.4 Å². The van der Waals surface area contributed by atoms with Crippen LogP contribution in [0, 0.1) is 5.92 Å². The van der Waals surface area contributed by atoms with E-state index in [4.69, 9.17) is 5.73 Å². The van der Waals surface area contributed by atoms with Gasteiger partial charge in [0, 0.05) is 6.54 Å². The summed E-state index contributed by atoms with van der Waals surface area (Å²) in [5, 5.41) is 3.12. The number of aliphatic imine (C=N–C) groups is 1. The fourth-order valence-corrected chi connectivity index (χ4v) is 1.59. The van der Waals surface area contributed by atoms with Crippen molar-refractivity contribution in [3.63, 3.8) is 0 Å². The molecular formula is C14H23N3. The molecular weight excluding hydrogens is 210 g/mol. The Labute approximate surface area is 104 Å². The van der Waals surface area contributed by atoms with Crippen molar-refractivity contribution in [1.29, 1.82) is 0 Å². The Morgan fingerprint density at radius 1 is 1.29 bits per heavy atom. The van der Waals surface area contributed by atoms with Crippen molar-refractivity contribution >= 4 is 5.96 Å². The molecule has 0 fully saturated rings. The minimum atomic E-state index is 0.532. The van der Waals surface area contributed by atoms with E-state index in [0.717, 1.165) is 13.0 Å². The Morgan fingerprint density at radius 2 is 1.94 bits per heavy atom. The molecule has 3 nitrogen and oxygen atoms in total. The zero-order chi connectivity index (χ0) is 12.7. The van der Waals surface area contributed by atoms with Crippen molar-refractivity contribution < 1.29 is 0 Å². The second kappa shape index (κ2) is 6.94. The molecule has 0 aromatic heterocycles. The van der Waals surface area contributed by atoms with E-state index in [-0.39, 0.29) is 0 Å². The van der Waals surface area contributed by atoms with Gasteiger partial charge in [-0.1, -0.05) is 45.0 Å². The predicted molar refractivity (Wildman–Crippen MR) is 74.0 cm³/mol. The smallest absolute Gasteiger partial charge is 0.188 e. The highest BCUT2D eigenvalue weighted by Gasteiger charge is 1.99. The van der Waals surface area contributed by atoms with Gasteiger partial charge in [-0.3, -0.25) is 0 Å². The lowest BCUT2D eigenvalue weighted by Gasteiger charge is -2.09. The summed E-state index contributed by atoms with van der Waals surface area (Å²) in [5.41, 5.74) is 8.39. The molecule has 0 saturated heterocycles. The van der Waals surface area contributed by atoms with E-state index >= 15 is 0 Å². The van der Waals surface area contributed by atoms with Gasteiger partial charge in [0.1, 0.15) is 0 Å². The molecule has 1 aromatic carbocycles.